The van der Waals surface area contributed by atoms with Crippen molar-refractivity contribution in [1.29, 1.82) is 0 Å². The molecule has 0 unspecified atom stereocenters. The van der Waals surface area contributed by atoms with E-state index < -0.39 is 21.1 Å². The standard InChI is InChI=1S/C24H20ClN3O4S/c1-13-10-20-21(27-24(30)23(29)26-20)12-22(13)33(31,32)28-17-8-9-18(19(25)11-17)16-6-4-15(5-7-16)14-2-3-14/h4-12,14,28H,2-3H2,1H3,(H,26,29)(H,27,30). The summed E-state index contributed by atoms with van der Waals surface area (Å²) in [7, 11) is -3.98. The van der Waals surface area contributed by atoms with E-state index in [1.54, 1.807) is 25.1 Å². The number of aromatic nitrogens is 2. The summed E-state index contributed by atoms with van der Waals surface area (Å²) in [6, 6.07) is 16.1. The lowest BCUT2D eigenvalue weighted by molar-refractivity contribution is 0.600. The zero-order chi connectivity index (χ0) is 23.3. The van der Waals surface area contributed by atoms with Crippen molar-refractivity contribution >= 4 is 38.3 Å². The quantitative estimate of drug-likeness (QED) is 0.364. The first kappa shape index (κ1) is 21.5. The first-order valence-electron chi connectivity index (χ1n) is 10.4. The van der Waals surface area contributed by atoms with Crippen LogP contribution in [0, 0.1) is 6.92 Å². The van der Waals surface area contributed by atoms with E-state index >= 15 is 0 Å². The summed E-state index contributed by atoms with van der Waals surface area (Å²) in [5, 5.41) is 0.423. The minimum absolute atomic E-state index is 0.0198. The van der Waals surface area contributed by atoms with Crippen LogP contribution in [0.1, 0.15) is 29.9 Å². The van der Waals surface area contributed by atoms with Crippen molar-refractivity contribution < 1.29 is 8.42 Å². The molecule has 0 radical (unpaired) electrons. The molecule has 0 bridgehead atoms. The van der Waals surface area contributed by atoms with Gasteiger partial charge in [-0.15, -0.1) is 0 Å². The Balaban J connectivity index is 1.45. The number of hydrogen-bond donors (Lipinski definition) is 3. The number of rotatable bonds is 5. The minimum Gasteiger partial charge on any atom is -0.316 e. The number of aromatic amines is 2. The Bertz CT molecular complexity index is 1620. The molecular formula is C24H20ClN3O4S. The molecule has 1 aliphatic rings. The van der Waals surface area contributed by atoms with Gasteiger partial charge in [-0.05, 0) is 66.6 Å². The maximum Gasteiger partial charge on any atom is 0.314 e. The highest BCUT2D eigenvalue weighted by Crippen LogP contribution is 2.41. The summed E-state index contributed by atoms with van der Waals surface area (Å²) in [5.41, 5.74) is 2.74. The number of H-pyrrole nitrogens is 2. The molecule has 3 aromatic carbocycles. The van der Waals surface area contributed by atoms with Gasteiger partial charge >= 0.3 is 11.1 Å². The Kier molecular flexibility index (Phi) is 5.14. The third-order valence-electron chi connectivity index (χ3n) is 5.80. The topological polar surface area (TPSA) is 112 Å². The van der Waals surface area contributed by atoms with Gasteiger partial charge in [-0.25, -0.2) is 8.42 Å². The third-order valence-corrected chi connectivity index (χ3v) is 7.63. The molecule has 9 heteroatoms. The van der Waals surface area contributed by atoms with Gasteiger partial charge in [-0.1, -0.05) is 41.9 Å². The third kappa shape index (κ3) is 4.19. The van der Waals surface area contributed by atoms with Crippen molar-refractivity contribution in [3.8, 4) is 11.1 Å². The molecule has 1 aliphatic carbocycles. The SMILES string of the molecule is Cc1cc2[nH]c(=O)c(=O)[nH]c2cc1S(=O)(=O)Nc1ccc(-c2ccc(C3CC3)cc2)c(Cl)c1. The van der Waals surface area contributed by atoms with Gasteiger partial charge in [0.2, 0.25) is 0 Å². The van der Waals surface area contributed by atoms with Gasteiger partial charge in [-0.3, -0.25) is 14.3 Å². The molecule has 0 atom stereocenters. The van der Waals surface area contributed by atoms with E-state index in [-0.39, 0.29) is 10.4 Å². The number of hydrogen-bond acceptors (Lipinski definition) is 4. The Morgan fingerprint density at radius 1 is 0.909 bits per heavy atom. The summed E-state index contributed by atoms with van der Waals surface area (Å²) in [5.74, 6) is 0.669. The molecule has 168 valence electrons. The molecule has 0 spiro atoms. The van der Waals surface area contributed by atoms with Crippen LogP contribution in [0.25, 0.3) is 22.2 Å². The van der Waals surface area contributed by atoms with Crippen LogP contribution in [0.2, 0.25) is 5.02 Å². The minimum atomic E-state index is -3.98. The molecule has 0 amide bonds. The Hall–Kier alpha value is -3.36. The van der Waals surface area contributed by atoms with Crippen molar-refractivity contribution in [2.45, 2.75) is 30.6 Å². The Labute approximate surface area is 194 Å². The fourth-order valence-electron chi connectivity index (χ4n) is 3.92. The number of nitrogens with one attached hydrogen (secondary N) is 3. The van der Waals surface area contributed by atoms with Gasteiger partial charge in [0.15, 0.2) is 0 Å². The van der Waals surface area contributed by atoms with Crippen molar-refractivity contribution in [3.05, 3.63) is 91.5 Å². The van der Waals surface area contributed by atoms with E-state index in [2.05, 4.69) is 26.8 Å². The van der Waals surface area contributed by atoms with Crippen LogP contribution in [-0.4, -0.2) is 18.4 Å². The van der Waals surface area contributed by atoms with Crippen molar-refractivity contribution in [2.75, 3.05) is 4.72 Å². The van der Waals surface area contributed by atoms with Crippen molar-refractivity contribution in [2.24, 2.45) is 0 Å². The second kappa shape index (κ2) is 7.90. The van der Waals surface area contributed by atoms with Crippen LogP contribution < -0.4 is 15.8 Å². The lowest BCUT2D eigenvalue weighted by atomic mass is 10.0. The predicted molar refractivity (Wildman–Crippen MR) is 130 cm³/mol. The van der Waals surface area contributed by atoms with Crippen LogP contribution in [0.3, 0.4) is 0 Å². The van der Waals surface area contributed by atoms with Gasteiger partial charge in [0, 0.05) is 5.56 Å². The molecule has 1 saturated carbocycles. The van der Waals surface area contributed by atoms with E-state index in [1.807, 2.05) is 12.1 Å². The van der Waals surface area contributed by atoms with E-state index in [9.17, 15) is 18.0 Å². The fourth-order valence-corrected chi connectivity index (χ4v) is 5.51. The maximum absolute atomic E-state index is 13.1. The predicted octanol–water partition coefficient (Wildman–Crippen LogP) is 4.52. The summed E-state index contributed by atoms with van der Waals surface area (Å²) in [6.45, 7) is 1.61. The highest BCUT2D eigenvalue weighted by atomic mass is 35.5. The van der Waals surface area contributed by atoms with Gasteiger partial charge < -0.3 is 9.97 Å². The highest BCUT2D eigenvalue weighted by molar-refractivity contribution is 7.92. The molecule has 33 heavy (non-hydrogen) atoms. The lowest BCUT2D eigenvalue weighted by Crippen LogP contribution is -2.29. The van der Waals surface area contributed by atoms with Crippen molar-refractivity contribution in [1.82, 2.24) is 9.97 Å². The van der Waals surface area contributed by atoms with Crippen LogP contribution in [-0.2, 0) is 10.0 Å². The van der Waals surface area contributed by atoms with Crippen LogP contribution in [0.15, 0.2) is 69.1 Å². The van der Waals surface area contributed by atoms with Crippen LogP contribution in [0.5, 0.6) is 0 Å². The molecule has 1 aromatic heterocycles. The molecule has 7 nitrogen and oxygen atoms in total. The molecule has 1 fully saturated rings. The molecule has 1 heterocycles. The largest absolute Gasteiger partial charge is 0.316 e. The average molecular weight is 482 g/mol. The average Bonchev–Trinajstić information content (AvgIpc) is 3.60. The summed E-state index contributed by atoms with van der Waals surface area (Å²) in [4.78, 5) is 28.0. The number of anilines is 1. The Morgan fingerprint density at radius 2 is 1.55 bits per heavy atom. The van der Waals surface area contributed by atoms with E-state index in [4.69, 9.17) is 11.6 Å². The molecule has 0 saturated heterocycles. The van der Waals surface area contributed by atoms with Gasteiger partial charge in [0.05, 0.1) is 26.6 Å². The fraction of sp³-hybridized carbons (Fsp3) is 0.167. The maximum atomic E-state index is 13.1. The summed E-state index contributed by atoms with van der Waals surface area (Å²) in [6.07, 6.45) is 2.47. The van der Waals surface area contributed by atoms with Crippen molar-refractivity contribution in [3.63, 3.8) is 0 Å². The van der Waals surface area contributed by atoms with Crippen LogP contribution >= 0.6 is 11.6 Å². The lowest BCUT2D eigenvalue weighted by Gasteiger charge is -2.13. The number of benzene rings is 3. The molecule has 4 aromatic rings. The zero-order valence-corrected chi connectivity index (χ0v) is 19.2. The number of halogens is 1. The summed E-state index contributed by atoms with van der Waals surface area (Å²) < 4.78 is 28.7. The first-order valence-corrected chi connectivity index (χ1v) is 12.3. The number of aryl methyl sites for hydroxylation is 1. The van der Waals surface area contributed by atoms with E-state index in [0.717, 1.165) is 11.1 Å². The second-order valence-corrected chi connectivity index (χ2v) is 10.3. The molecule has 0 aliphatic heterocycles. The second-order valence-electron chi connectivity index (χ2n) is 8.27. The molecule has 5 rings (SSSR count). The monoisotopic (exact) mass is 481 g/mol. The number of sulfonamides is 1. The zero-order valence-electron chi connectivity index (χ0n) is 17.6. The van der Waals surface area contributed by atoms with Gasteiger partial charge in [0.1, 0.15) is 0 Å². The molecular weight excluding hydrogens is 462 g/mol. The van der Waals surface area contributed by atoms with E-state index in [1.165, 1.54) is 30.5 Å². The van der Waals surface area contributed by atoms with Gasteiger partial charge in [0.25, 0.3) is 10.0 Å². The first-order chi connectivity index (χ1) is 15.7. The van der Waals surface area contributed by atoms with Crippen LogP contribution in [0.4, 0.5) is 5.69 Å². The smallest absolute Gasteiger partial charge is 0.314 e. The number of fused-ring (bicyclic) bond motifs is 1. The Morgan fingerprint density at radius 3 is 2.15 bits per heavy atom. The van der Waals surface area contributed by atoms with E-state index in [0.29, 0.717) is 27.7 Å². The molecule has 3 N–H and O–H groups in total. The normalized spacial score (nSPS) is 13.9. The van der Waals surface area contributed by atoms with Gasteiger partial charge in [-0.2, -0.15) is 0 Å². The summed E-state index contributed by atoms with van der Waals surface area (Å²) >= 11 is 6.49. The highest BCUT2D eigenvalue weighted by Gasteiger charge is 2.23.